The van der Waals surface area contributed by atoms with E-state index in [2.05, 4.69) is 31.3 Å². The van der Waals surface area contributed by atoms with Crippen LogP contribution in [0.15, 0.2) is 34.7 Å². The predicted molar refractivity (Wildman–Crippen MR) is 85.6 cm³/mol. The zero-order valence-corrected chi connectivity index (χ0v) is 13.2. The Labute approximate surface area is 127 Å². The van der Waals surface area contributed by atoms with Gasteiger partial charge < -0.3 is 14.5 Å². The number of benzene rings is 1. The summed E-state index contributed by atoms with van der Waals surface area (Å²) in [5.41, 5.74) is 2.44. The molecule has 0 radical (unpaired) electrons. The molecule has 0 saturated carbocycles. The van der Waals surface area contributed by atoms with Crippen molar-refractivity contribution in [3.63, 3.8) is 0 Å². The summed E-state index contributed by atoms with van der Waals surface area (Å²) >= 11 is 0. The molecule has 0 amide bonds. The molecule has 0 unspecified atom stereocenters. The van der Waals surface area contributed by atoms with E-state index in [0.717, 1.165) is 43.2 Å². The fraction of sp³-hybridized carbons (Fsp3) is 0.444. The molecular weight excluding hydrogens is 262 g/mol. The molecule has 2 rings (SSSR count). The van der Waals surface area contributed by atoms with Crippen LogP contribution >= 0.6 is 0 Å². The van der Waals surface area contributed by atoms with Crippen LogP contribution in [0.4, 0.5) is 0 Å². The van der Waals surface area contributed by atoms with Crippen molar-refractivity contribution in [2.45, 2.75) is 46.8 Å². The van der Waals surface area contributed by atoms with Gasteiger partial charge in [0, 0.05) is 12.1 Å². The second-order valence-corrected chi connectivity index (χ2v) is 5.22. The molecule has 0 saturated heterocycles. The van der Waals surface area contributed by atoms with E-state index in [-0.39, 0.29) is 0 Å². The number of hydrogen-bond donors (Lipinski definition) is 1. The van der Waals surface area contributed by atoms with Crippen LogP contribution in [-0.2, 0) is 19.6 Å². The summed E-state index contributed by atoms with van der Waals surface area (Å²) < 4.78 is 11.7. The van der Waals surface area contributed by atoms with Crippen molar-refractivity contribution in [1.82, 2.24) is 5.32 Å². The van der Waals surface area contributed by atoms with Crippen molar-refractivity contribution in [3.8, 4) is 5.75 Å². The van der Waals surface area contributed by atoms with Crippen LogP contribution in [0.25, 0.3) is 0 Å². The molecule has 21 heavy (non-hydrogen) atoms. The highest BCUT2D eigenvalue weighted by Crippen LogP contribution is 2.21. The Kier molecular flexibility index (Phi) is 5.88. The average molecular weight is 287 g/mol. The summed E-state index contributed by atoms with van der Waals surface area (Å²) in [5, 5.41) is 3.40. The second kappa shape index (κ2) is 7.89. The maximum atomic E-state index is 5.89. The Hall–Kier alpha value is -1.74. The van der Waals surface area contributed by atoms with Gasteiger partial charge in [-0.25, -0.2) is 0 Å². The first kappa shape index (κ1) is 15.6. The zero-order chi connectivity index (χ0) is 15.1. The van der Waals surface area contributed by atoms with Gasteiger partial charge in [0.15, 0.2) is 0 Å². The molecule has 0 aliphatic rings. The Balaban J connectivity index is 1.95. The van der Waals surface area contributed by atoms with Crippen molar-refractivity contribution in [3.05, 3.63) is 53.0 Å². The third kappa shape index (κ3) is 4.36. The lowest BCUT2D eigenvalue weighted by Crippen LogP contribution is -2.13. The highest BCUT2D eigenvalue weighted by molar-refractivity contribution is 5.33. The molecule has 1 heterocycles. The van der Waals surface area contributed by atoms with Gasteiger partial charge in [-0.1, -0.05) is 32.0 Å². The van der Waals surface area contributed by atoms with E-state index in [1.807, 2.05) is 25.1 Å². The Morgan fingerprint density at radius 2 is 1.95 bits per heavy atom. The quantitative estimate of drug-likeness (QED) is 0.738. The molecule has 3 nitrogen and oxygen atoms in total. The topological polar surface area (TPSA) is 34.4 Å². The molecule has 3 heteroatoms. The summed E-state index contributed by atoms with van der Waals surface area (Å²) in [7, 11) is 0. The van der Waals surface area contributed by atoms with Crippen LogP contribution in [0.5, 0.6) is 5.75 Å². The van der Waals surface area contributed by atoms with E-state index in [0.29, 0.717) is 6.61 Å². The third-order valence-electron chi connectivity index (χ3n) is 3.54. The summed E-state index contributed by atoms with van der Waals surface area (Å²) in [6, 6.07) is 10.2. The summed E-state index contributed by atoms with van der Waals surface area (Å²) in [5.74, 6) is 2.80. The maximum absolute atomic E-state index is 5.89. The number of aryl methyl sites for hydroxylation is 2. The van der Waals surface area contributed by atoms with Crippen molar-refractivity contribution in [1.29, 1.82) is 0 Å². The molecule has 0 aliphatic carbocycles. The van der Waals surface area contributed by atoms with Crippen LogP contribution in [0.3, 0.4) is 0 Å². The fourth-order valence-electron chi connectivity index (χ4n) is 2.32. The highest BCUT2D eigenvalue weighted by Gasteiger charge is 2.08. The standard InChI is InChI=1S/C18H25NO2/c1-4-10-19-12-16-11-17(21-14(16)3)13-20-18-9-7-6-8-15(18)5-2/h6-9,11,19H,4-5,10,12-13H2,1-3H3. The first-order valence-corrected chi connectivity index (χ1v) is 7.74. The van der Waals surface area contributed by atoms with Gasteiger partial charge in [-0.3, -0.25) is 0 Å². The van der Waals surface area contributed by atoms with E-state index in [9.17, 15) is 0 Å². The SMILES string of the molecule is CCCNCc1cc(COc2ccccc2CC)oc1C. The van der Waals surface area contributed by atoms with Gasteiger partial charge in [-0.2, -0.15) is 0 Å². The smallest absolute Gasteiger partial charge is 0.146 e. The molecule has 2 aromatic rings. The van der Waals surface area contributed by atoms with Gasteiger partial charge in [0.25, 0.3) is 0 Å². The molecule has 0 spiro atoms. The van der Waals surface area contributed by atoms with Gasteiger partial charge in [0.05, 0.1) is 0 Å². The maximum Gasteiger partial charge on any atom is 0.146 e. The molecule has 114 valence electrons. The van der Waals surface area contributed by atoms with Gasteiger partial charge in [-0.05, 0) is 44.0 Å². The minimum atomic E-state index is 0.478. The van der Waals surface area contributed by atoms with Crippen LogP contribution in [0, 0.1) is 6.92 Å². The summed E-state index contributed by atoms with van der Waals surface area (Å²) in [6.45, 7) is 8.67. The molecule has 0 fully saturated rings. The number of para-hydroxylation sites is 1. The lowest BCUT2D eigenvalue weighted by atomic mass is 10.1. The summed E-state index contributed by atoms with van der Waals surface area (Å²) in [4.78, 5) is 0. The number of furan rings is 1. The monoisotopic (exact) mass is 287 g/mol. The molecular formula is C18H25NO2. The number of nitrogens with one attached hydrogen (secondary N) is 1. The van der Waals surface area contributed by atoms with E-state index >= 15 is 0 Å². The molecule has 1 aromatic heterocycles. The van der Waals surface area contributed by atoms with Crippen LogP contribution in [0.1, 0.15) is 42.9 Å². The largest absolute Gasteiger partial charge is 0.485 e. The Bertz CT molecular complexity index is 560. The van der Waals surface area contributed by atoms with Crippen molar-refractivity contribution in [2.24, 2.45) is 0 Å². The van der Waals surface area contributed by atoms with E-state index < -0.39 is 0 Å². The van der Waals surface area contributed by atoms with Crippen molar-refractivity contribution < 1.29 is 9.15 Å². The van der Waals surface area contributed by atoms with Crippen LogP contribution < -0.4 is 10.1 Å². The molecule has 0 bridgehead atoms. The molecule has 1 aromatic carbocycles. The fourth-order valence-corrected chi connectivity index (χ4v) is 2.32. The zero-order valence-electron chi connectivity index (χ0n) is 13.2. The highest BCUT2D eigenvalue weighted by atomic mass is 16.5. The normalized spacial score (nSPS) is 10.8. The number of rotatable bonds is 8. The Morgan fingerprint density at radius 3 is 2.71 bits per heavy atom. The minimum Gasteiger partial charge on any atom is -0.485 e. The van der Waals surface area contributed by atoms with Gasteiger partial charge in [-0.15, -0.1) is 0 Å². The average Bonchev–Trinajstić information content (AvgIpc) is 2.86. The van der Waals surface area contributed by atoms with Crippen molar-refractivity contribution >= 4 is 0 Å². The first-order chi connectivity index (χ1) is 10.2. The molecule has 1 N–H and O–H groups in total. The number of hydrogen-bond acceptors (Lipinski definition) is 3. The number of ether oxygens (including phenoxy) is 1. The molecule has 0 atom stereocenters. The second-order valence-electron chi connectivity index (χ2n) is 5.22. The van der Waals surface area contributed by atoms with Gasteiger partial charge >= 0.3 is 0 Å². The molecule has 0 aliphatic heterocycles. The van der Waals surface area contributed by atoms with E-state index in [1.54, 1.807) is 0 Å². The lowest BCUT2D eigenvalue weighted by Gasteiger charge is -2.08. The van der Waals surface area contributed by atoms with Crippen LogP contribution in [-0.4, -0.2) is 6.54 Å². The summed E-state index contributed by atoms with van der Waals surface area (Å²) in [6.07, 6.45) is 2.11. The lowest BCUT2D eigenvalue weighted by molar-refractivity contribution is 0.265. The van der Waals surface area contributed by atoms with E-state index in [1.165, 1.54) is 11.1 Å². The van der Waals surface area contributed by atoms with Gasteiger partial charge in [0.2, 0.25) is 0 Å². The first-order valence-electron chi connectivity index (χ1n) is 7.74. The van der Waals surface area contributed by atoms with Gasteiger partial charge in [0.1, 0.15) is 23.9 Å². The predicted octanol–water partition coefficient (Wildman–Crippen LogP) is 4.23. The van der Waals surface area contributed by atoms with Crippen LogP contribution in [0.2, 0.25) is 0 Å². The van der Waals surface area contributed by atoms with E-state index in [4.69, 9.17) is 9.15 Å². The third-order valence-corrected chi connectivity index (χ3v) is 3.54. The minimum absolute atomic E-state index is 0.478. The van der Waals surface area contributed by atoms with Crippen molar-refractivity contribution in [2.75, 3.05) is 6.54 Å². The Morgan fingerprint density at radius 1 is 1.14 bits per heavy atom.